The highest BCUT2D eigenvalue weighted by molar-refractivity contribution is 7.92. The number of allylic oxidation sites excluding steroid dienone is 2. The molecule has 40 heavy (non-hydrogen) atoms. The van der Waals surface area contributed by atoms with E-state index in [1.165, 1.54) is 11.1 Å². The topological polar surface area (TPSA) is 83.6 Å². The first-order chi connectivity index (χ1) is 18.7. The summed E-state index contributed by atoms with van der Waals surface area (Å²) < 4.78 is 55.9. The summed E-state index contributed by atoms with van der Waals surface area (Å²) in [7, 11) is -7.66. The van der Waals surface area contributed by atoms with E-state index >= 15 is 0 Å². The lowest BCUT2D eigenvalue weighted by Crippen LogP contribution is -2.24. The number of sulfonamides is 1. The smallest absolute Gasteiger partial charge is 0.261 e. The summed E-state index contributed by atoms with van der Waals surface area (Å²) in [5.41, 5.74) is 5.88. The van der Waals surface area contributed by atoms with Gasteiger partial charge in [-0.25, -0.2) is 16.8 Å². The lowest BCUT2D eigenvalue weighted by atomic mass is 10.1. The predicted octanol–water partition coefficient (Wildman–Crippen LogP) is 6.81. The molecule has 0 heterocycles. The van der Waals surface area contributed by atoms with E-state index in [1.54, 1.807) is 60.7 Å². The molecular formula is C32H40N2O4S2. The van der Waals surface area contributed by atoms with Gasteiger partial charge in [0.2, 0.25) is 0 Å². The van der Waals surface area contributed by atoms with E-state index in [0.717, 1.165) is 29.8 Å². The molecule has 0 saturated carbocycles. The van der Waals surface area contributed by atoms with E-state index in [9.17, 15) is 16.8 Å². The van der Waals surface area contributed by atoms with Gasteiger partial charge in [-0.1, -0.05) is 70.8 Å². The Balaban J connectivity index is 2.02. The number of hydrogen-bond acceptors (Lipinski definition) is 5. The molecule has 0 unspecified atom stereocenters. The van der Waals surface area contributed by atoms with Crippen molar-refractivity contribution >= 4 is 25.5 Å². The molecule has 0 saturated heterocycles. The molecule has 0 aliphatic heterocycles. The van der Waals surface area contributed by atoms with Crippen molar-refractivity contribution in [2.24, 2.45) is 0 Å². The molecule has 6 nitrogen and oxygen atoms in total. The van der Waals surface area contributed by atoms with Crippen molar-refractivity contribution in [2.75, 3.05) is 17.8 Å². The van der Waals surface area contributed by atoms with Crippen LogP contribution in [0.5, 0.6) is 0 Å². The largest absolute Gasteiger partial charge is 0.292 e. The number of nitrogens with one attached hydrogen (secondary N) is 1. The van der Waals surface area contributed by atoms with E-state index in [1.807, 2.05) is 19.9 Å². The van der Waals surface area contributed by atoms with Gasteiger partial charge in [0.25, 0.3) is 10.0 Å². The Hall–Kier alpha value is -3.20. The van der Waals surface area contributed by atoms with Gasteiger partial charge in [-0.2, -0.15) is 0 Å². The lowest BCUT2D eigenvalue weighted by Gasteiger charge is -2.21. The predicted molar refractivity (Wildman–Crippen MR) is 165 cm³/mol. The SMILES string of the molecule is CC(C)=CCN(CC=C(C)C)Cc1ccc(NS(=O)(=O)c2ccc(C)cc2)c(CS(=O)(=O)c2ccc(C)cc2)c1. The third-order valence-corrected chi connectivity index (χ3v) is 9.46. The van der Waals surface area contributed by atoms with Gasteiger partial charge in [0.1, 0.15) is 0 Å². The molecule has 0 atom stereocenters. The zero-order valence-corrected chi connectivity index (χ0v) is 25.9. The van der Waals surface area contributed by atoms with E-state index in [4.69, 9.17) is 0 Å². The molecule has 0 aromatic heterocycles. The number of anilines is 1. The lowest BCUT2D eigenvalue weighted by molar-refractivity contribution is 0.326. The summed E-state index contributed by atoms with van der Waals surface area (Å²) in [6, 6.07) is 18.6. The van der Waals surface area contributed by atoms with Crippen LogP contribution in [0, 0.1) is 13.8 Å². The van der Waals surface area contributed by atoms with Gasteiger partial charge in [0.05, 0.1) is 21.2 Å². The number of rotatable bonds is 12. The van der Waals surface area contributed by atoms with Crippen LogP contribution in [0.3, 0.4) is 0 Å². The van der Waals surface area contributed by atoms with Gasteiger partial charge in [0, 0.05) is 19.6 Å². The third-order valence-electron chi connectivity index (χ3n) is 6.39. The highest BCUT2D eigenvalue weighted by atomic mass is 32.2. The van der Waals surface area contributed by atoms with Crippen molar-refractivity contribution in [2.45, 2.75) is 63.6 Å². The first-order valence-electron chi connectivity index (χ1n) is 13.2. The number of benzene rings is 3. The fourth-order valence-corrected chi connectivity index (χ4v) is 6.47. The average molecular weight is 581 g/mol. The Morgan fingerprint density at radius 3 is 1.73 bits per heavy atom. The van der Waals surface area contributed by atoms with E-state index in [2.05, 4.69) is 49.5 Å². The highest BCUT2D eigenvalue weighted by Crippen LogP contribution is 2.27. The molecule has 214 valence electrons. The second kappa shape index (κ2) is 13.4. The summed E-state index contributed by atoms with van der Waals surface area (Å²) in [6.45, 7) is 14.1. The monoisotopic (exact) mass is 580 g/mol. The Kier molecular flexibility index (Phi) is 10.5. The zero-order chi connectivity index (χ0) is 29.5. The standard InChI is InChI=1S/C32H40N2O4S2/c1-24(2)17-19-34(20-18-25(3)4)22-28-11-16-32(33-40(37,38)31-14-9-27(6)10-15-31)29(21-28)23-39(35,36)30-12-7-26(5)8-13-30/h7-18,21,33H,19-20,22-23H2,1-6H3. The summed E-state index contributed by atoms with van der Waals surface area (Å²) in [5, 5.41) is 0. The van der Waals surface area contributed by atoms with Crippen LogP contribution >= 0.6 is 0 Å². The minimum absolute atomic E-state index is 0.115. The number of hydrogen-bond donors (Lipinski definition) is 1. The summed E-state index contributed by atoms with van der Waals surface area (Å²) in [5.74, 6) is -0.336. The number of sulfone groups is 1. The second-order valence-corrected chi connectivity index (χ2v) is 14.4. The van der Waals surface area contributed by atoms with Gasteiger partial charge in [0.15, 0.2) is 9.84 Å². The molecule has 0 amide bonds. The Morgan fingerprint density at radius 1 is 0.725 bits per heavy atom. The van der Waals surface area contributed by atoms with Crippen molar-refractivity contribution < 1.29 is 16.8 Å². The van der Waals surface area contributed by atoms with Gasteiger partial charge in [-0.05, 0) is 83.0 Å². The van der Waals surface area contributed by atoms with Crippen molar-refractivity contribution in [1.29, 1.82) is 0 Å². The van der Waals surface area contributed by atoms with Crippen LogP contribution in [0.25, 0.3) is 0 Å². The molecule has 0 bridgehead atoms. The quantitative estimate of drug-likeness (QED) is 0.238. The van der Waals surface area contributed by atoms with Crippen LogP contribution in [-0.4, -0.2) is 34.8 Å². The van der Waals surface area contributed by atoms with E-state index < -0.39 is 19.9 Å². The second-order valence-electron chi connectivity index (χ2n) is 10.7. The molecule has 8 heteroatoms. The van der Waals surface area contributed by atoms with E-state index in [0.29, 0.717) is 12.1 Å². The van der Waals surface area contributed by atoms with Crippen molar-refractivity contribution in [1.82, 2.24) is 4.90 Å². The minimum atomic E-state index is -3.92. The van der Waals surface area contributed by atoms with Crippen LogP contribution in [-0.2, 0) is 32.2 Å². The third kappa shape index (κ3) is 9.18. The van der Waals surface area contributed by atoms with Gasteiger partial charge in [-0.15, -0.1) is 0 Å². The highest BCUT2D eigenvalue weighted by Gasteiger charge is 2.22. The maximum absolute atomic E-state index is 13.4. The molecule has 3 aromatic rings. The molecule has 0 fully saturated rings. The van der Waals surface area contributed by atoms with E-state index in [-0.39, 0.29) is 21.2 Å². The van der Waals surface area contributed by atoms with Crippen LogP contribution < -0.4 is 4.72 Å². The molecule has 0 radical (unpaired) electrons. The Labute approximate surface area is 240 Å². The molecule has 1 N–H and O–H groups in total. The van der Waals surface area contributed by atoms with Gasteiger partial charge in [-0.3, -0.25) is 9.62 Å². The molecule has 0 aliphatic carbocycles. The number of aryl methyl sites for hydroxylation is 2. The minimum Gasteiger partial charge on any atom is -0.292 e. The zero-order valence-electron chi connectivity index (χ0n) is 24.2. The molecule has 0 spiro atoms. The van der Waals surface area contributed by atoms with Crippen molar-refractivity contribution in [3.8, 4) is 0 Å². The summed E-state index contributed by atoms with van der Waals surface area (Å²) >= 11 is 0. The molecule has 3 rings (SSSR count). The Morgan fingerprint density at radius 2 is 1.23 bits per heavy atom. The van der Waals surface area contributed by atoms with Crippen LogP contribution in [0.2, 0.25) is 0 Å². The fraction of sp³-hybridized carbons (Fsp3) is 0.312. The van der Waals surface area contributed by atoms with Crippen molar-refractivity contribution in [3.05, 3.63) is 112 Å². The number of nitrogens with zero attached hydrogens (tertiary/aromatic N) is 1. The van der Waals surface area contributed by atoms with Crippen LogP contribution in [0.4, 0.5) is 5.69 Å². The molecule has 3 aromatic carbocycles. The van der Waals surface area contributed by atoms with Crippen LogP contribution in [0.15, 0.2) is 99.8 Å². The van der Waals surface area contributed by atoms with Crippen LogP contribution in [0.1, 0.15) is 49.9 Å². The Bertz CT molecular complexity index is 1560. The average Bonchev–Trinajstić information content (AvgIpc) is 2.87. The fourth-order valence-electron chi connectivity index (χ4n) is 4.00. The summed E-state index contributed by atoms with van der Waals surface area (Å²) in [6.07, 6.45) is 4.32. The molecule has 0 aliphatic rings. The van der Waals surface area contributed by atoms with Gasteiger partial charge >= 0.3 is 0 Å². The molecular weight excluding hydrogens is 540 g/mol. The maximum atomic E-state index is 13.4. The summed E-state index contributed by atoms with van der Waals surface area (Å²) in [4.78, 5) is 2.57. The first kappa shape index (κ1) is 31.3. The van der Waals surface area contributed by atoms with Gasteiger partial charge < -0.3 is 0 Å². The van der Waals surface area contributed by atoms with Crippen molar-refractivity contribution in [3.63, 3.8) is 0 Å². The first-order valence-corrected chi connectivity index (χ1v) is 16.4. The normalized spacial score (nSPS) is 11.8. The maximum Gasteiger partial charge on any atom is 0.261 e.